The second-order valence-corrected chi connectivity index (χ2v) is 6.09. The van der Waals surface area contributed by atoms with Gasteiger partial charge in [-0.2, -0.15) is 10.2 Å². The number of aryl methyl sites for hydroxylation is 2. The summed E-state index contributed by atoms with van der Waals surface area (Å²) in [6, 6.07) is 15.0. The van der Waals surface area contributed by atoms with E-state index >= 15 is 0 Å². The number of benzene rings is 1. The number of H-pyrrole nitrogens is 1. The van der Waals surface area contributed by atoms with E-state index in [9.17, 15) is 4.79 Å². The molecule has 0 saturated heterocycles. The number of rotatable bonds is 4. The first-order valence-electron chi connectivity index (χ1n) is 8.38. The van der Waals surface area contributed by atoms with Crippen molar-refractivity contribution in [2.24, 2.45) is 0 Å². The van der Waals surface area contributed by atoms with Crippen LogP contribution in [0.2, 0.25) is 0 Å². The van der Waals surface area contributed by atoms with Crippen LogP contribution in [-0.4, -0.2) is 35.9 Å². The fourth-order valence-corrected chi connectivity index (χ4v) is 2.77. The molecule has 3 aromatic heterocycles. The molecule has 0 aliphatic heterocycles. The highest BCUT2D eigenvalue weighted by atomic mass is 16.2. The molecule has 3 heterocycles. The number of aromatic amines is 1. The van der Waals surface area contributed by atoms with E-state index in [1.54, 1.807) is 16.8 Å². The molecule has 0 bridgehead atoms. The SMILES string of the molecule is Cc1cc(C)n(-c2cc(NC(=O)c3cc(-c4ccccc4)n[nH]3)ncn2)n1. The standard InChI is InChI=1S/C19H17N7O/c1-12-8-13(2)26(25-12)18-10-17(20-11-21-18)22-19(27)16-9-15(23-24-16)14-6-4-3-5-7-14/h3-11H,1-2H3,(H,23,24)(H,20,21,22,27). The lowest BCUT2D eigenvalue weighted by molar-refractivity contribution is 0.102. The van der Waals surface area contributed by atoms with Crippen LogP contribution in [0.25, 0.3) is 17.1 Å². The van der Waals surface area contributed by atoms with Crippen LogP contribution in [0.15, 0.2) is 54.9 Å². The summed E-state index contributed by atoms with van der Waals surface area (Å²) >= 11 is 0. The fourth-order valence-electron chi connectivity index (χ4n) is 2.77. The first-order valence-corrected chi connectivity index (χ1v) is 8.38. The molecule has 0 saturated carbocycles. The van der Waals surface area contributed by atoms with Crippen LogP contribution in [-0.2, 0) is 0 Å². The highest BCUT2D eigenvalue weighted by Gasteiger charge is 2.13. The lowest BCUT2D eigenvalue weighted by atomic mass is 10.1. The Hall–Kier alpha value is -3.81. The minimum atomic E-state index is -0.331. The quantitative estimate of drug-likeness (QED) is 0.583. The van der Waals surface area contributed by atoms with Gasteiger partial charge in [0.05, 0.1) is 11.4 Å². The third-order valence-electron chi connectivity index (χ3n) is 4.01. The van der Waals surface area contributed by atoms with Gasteiger partial charge in [0.2, 0.25) is 0 Å². The smallest absolute Gasteiger partial charge is 0.274 e. The number of carbonyl (C=O) groups is 1. The van der Waals surface area contributed by atoms with Crippen molar-refractivity contribution in [3.8, 4) is 17.1 Å². The van der Waals surface area contributed by atoms with Crippen molar-refractivity contribution in [1.29, 1.82) is 0 Å². The van der Waals surface area contributed by atoms with Gasteiger partial charge in [-0.3, -0.25) is 9.89 Å². The Bertz CT molecular complexity index is 1100. The Morgan fingerprint density at radius 3 is 2.63 bits per heavy atom. The van der Waals surface area contributed by atoms with Crippen molar-refractivity contribution < 1.29 is 4.79 Å². The van der Waals surface area contributed by atoms with Crippen molar-refractivity contribution >= 4 is 11.7 Å². The van der Waals surface area contributed by atoms with Crippen LogP contribution in [0.1, 0.15) is 21.9 Å². The number of nitrogens with one attached hydrogen (secondary N) is 2. The number of carbonyl (C=O) groups excluding carboxylic acids is 1. The highest BCUT2D eigenvalue weighted by Crippen LogP contribution is 2.18. The Kier molecular flexibility index (Phi) is 4.21. The third kappa shape index (κ3) is 3.45. The van der Waals surface area contributed by atoms with Crippen LogP contribution in [0.5, 0.6) is 0 Å². The monoisotopic (exact) mass is 359 g/mol. The zero-order chi connectivity index (χ0) is 18.8. The molecule has 4 aromatic rings. The van der Waals surface area contributed by atoms with Gasteiger partial charge in [-0.25, -0.2) is 14.6 Å². The molecule has 2 N–H and O–H groups in total. The van der Waals surface area contributed by atoms with Crippen molar-refractivity contribution in [3.05, 3.63) is 71.9 Å². The first kappa shape index (κ1) is 16.6. The van der Waals surface area contributed by atoms with E-state index < -0.39 is 0 Å². The maximum Gasteiger partial charge on any atom is 0.274 e. The lowest BCUT2D eigenvalue weighted by Gasteiger charge is -2.06. The Labute approximate surface area is 155 Å². The van der Waals surface area contributed by atoms with Gasteiger partial charge in [-0.15, -0.1) is 0 Å². The molecule has 134 valence electrons. The van der Waals surface area contributed by atoms with Crippen molar-refractivity contribution in [3.63, 3.8) is 0 Å². The van der Waals surface area contributed by atoms with Gasteiger partial charge < -0.3 is 5.32 Å². The average Bonchev–Trinajstić information content (AvgIpc) is 3.29. The summed E-state index contributed by atoms with van der Waals surface area (Å²) in [4.78, 5) is 20.9. The number of aromatic nitrogens is 6. The number of amides is 1. The van der Waals surface area contributed by atoms with Gasteiger partial charge in [0.15, 0.2) is 5.82 Å². The van der Waals surface area contributed by atoms with Gasteiger partial charge in [-0.1, -0.05) is 30.3 Å². The Morgan fingerprint density at radius 1 is 1.07 bits per heavy atom. The Balaban J connectivity index is 1.54. The van der Waals surface area contributed by atoms with Crippen LogP contribution in [0, 0.1) is 13.8 Å². The van der Waals surface area contributed by atoms with E-state index in [2.05, 4.69) is 30.6 Å². The molecular weight excluding hydrogens is 342 g/mol. The maximum absolute atomic E-state index is 12.5. The first-order chi connectivity index (χ1) is 13.1. The van der Waals surface area contributed by atoms with E-state index in [-0.39, 0.29) is 5.91 Å². The molecule has 1 aromatic carbocycles. The zero-order valence-corrected chi connectivity index (χ0v) is 14.8. The summed E-state index contributed by atoms with van der Waals surface area (Å²) in [5.74, 6) is 0.636. The molecule has 0 spiro atoms. The van der Waals surface area contributed by atoms with Gasteiger partial charge in [0.25, 0.3) is 5.91 Å². The molecule has 0 fully saturated rings. The molecular formula is C19H17N7O. The fraction of sp³-hybridized carbons (Fsp3) is 0.105. The molecule has 0 aliphatic rings. The van der Waals surface area contributed by atoms with E-state index in [0.29, 0.717) is 23.0 Å². The number of anilines is 1. The largest absolute Gasteiger partial charge is 0.305 e. The van der Waals surface area contributed by atoms with E-state index in [1.165, 1.54) is 6.33 Å². The number of hydrogen-bond acceptors (Lipinski definition) is 5. The second-order valence-electron chi connectivity index (χ2n) is 6.09. The summed E-state index contributed by atoms with van der Waals surface area (Å²) in [6.45, 7) is 3.85. The van der Waals surface area contributed by atoms with Crippen LogP contribution < -0.4 is 5.32 Å². The molecule has 0 aliphatic carbocycles. The van der Waals surface area contributed by atoms with Crippen molar-refractivity contribution in [2.75, 3.05) is 5.32 Å². The van der Waals surface area contributed by atoms with E-state index in [0.717, 1.165) is 17.0 Å². The van der Waals surface area contributed by atoms with Crippen molar-refractivity contribution in [2.45, 2.75) is 13.8 Å². The molecule has 27 heavy (non-hydrogen) atoms. The predicted molar refractivity (Wildman–Crippen MR) is 101 cm³/mol. The van der Waals surface area contributed by atoms with Crippen LogP contribution >= 0.6 is 0 Å². The topological polar surface area (TPSA) is 101 Å². The van der Waals surface area contributed by atoms with Crippen LogP contribution in [0.4, 0.5) is 5.82 Å². The summed E-state index contributed by atoms with van der Waals surface area (Å²) in [5.41, 5.74) is 3.82. The number of hydrogen-bond donors (Lipinski definition) is 2. The predicted octanol–water partition coefficient (Wildman–Crippen LogP) is 2.92. The van der Waals surface area contributed by atoms with Gasteiger partial charge in [-0.05, 0) is 26.0 Å². The second kappa shape index (κ2) is 6.83. The summed E-state index contributed by atoms with van der Waals surface area (Å²) in [5, 5.41) is 14.1. The molecule has 0 unspecified atom stereocenters. The summed E-state index contributed by atoms with van der Waals surface area (Å²) < 4.78 is 1.70. The number of nitrogens with zero attached hydrogens (tertiary/aromatic N) is 5. The third-order valence-corrected chi connectivity index (χ3v) is 4.01. The normalized spacial score (nSPS) is 10.7. The van der Waals surface area contributed by atoms with E-state index in [1.807, 2.05) is 50.2 Å². The molecule has 0 radical (unpaired) electrons. The van der Waals surface area contributed by atoms with Gasteiger partial charge >= 0.3 is 0 Å². The Morgan fingerprint density at radius 2 is 1.89 bits per heavy atom. The van der Waals surface area contributed by atoms with Crippen LogP contribution in [0.3, 0.4) is 0 Å². The average molecular weight is 359 g/mol. The maximum atomic E-state index is 12.5. The minimum absolute atomic E-state index is 0.331. The molecule has 8 nitrogen and oxygen atoms in total. The lowest BCUT2D eigenvalue weighted by Crippen LogP contribution is -2.14. The zero-order valence-electron chi connectivity index (χ0n) is 14.8. The van der Waals surface area contributed by atoms with E-state index in [4.69, 9.17) is 0 Å². The minimum Gasteiger partial charge on any atom is -0.305 e. The van der Waals surface area contributed by atoms with Gasteiger partial charge in [0, 0.05) is 17.3 Å². The summed E-state index contributed by atoms with van der Waals surface area (Å²) in [6.07, 6.45) is 1.39. The van der Waals surface area contributed by atoms with Gasteiger partial charge in [0.1, 0.15) is 17.8 Å². The van der Waals surface area contributed by atoms with Crippen molar-refractivity contribution in [1.82, 2.24) is 29.9 Å². The summed E-state index contributed by atoms with van der Waals surface area (Å²) in [7, 11) is 0. The highest BCUT2D eigenvalue weighted by molar-refractivity contribution is 6.03. The molecule has 8 heteroatoms. The molecule has 4 rings (SSSR count). The molecule has 1 amide bonds. The molecule has 0 atom stereocenters.